The Morgan fingerprint density at radius 3 is 2.58 bits per heavy atom. The summed E-state index contributed by atoms with van der Waals surface area (Å²) in [7, 11) is 1.64. The number of benzene rings is 1. The summed E-state index contributed by atoms with van der Waals surface area (Å²) in [5.74, 6) is 0.912. The molecule has 2 rings (SSSR count). The van der Waals surface area contributed by atoms with Crippen molar-refractivity contribution in [3.8, 4) is 5.75 Å². The highest BCUT2D eigenvalue weighted by Crippen LogP contribution is 2.13. The van der Waals surface area contributed by atoms with Gasteiger partial charge in [-0.05, 0) is 48.7 Å². The lowest BCUT2D eigenvalue weighted by Gasteiger charge is -2.04. The molecule has 0 atom stereocenters. The summed E-state index contributed by atoms with van der Waals surface area (Å²) < 4.78 is 5.10. The van der Waals surface area contributed by atoms with Crippen molar-refractivity contribution in [2.24, 2.45) is 0 Å². The van der Waals surface area contributed by atoms with Gasteiger partial charge in [-0.15, -0.1) is 0 Å². The van der Waals surface area contributed by atoms with E-state index in [1.807, 2.05) is 43.3 Å². The molecule has 0 aliphatic heterocycles. The van der Waals surface area contributed by atoms with E-state index in [-0.39, 0.29) is 5.78 Å². The lowest BCUT2D eigenvalue weighted by molar-refractivity contribution is 0.0978. The van der Waals surface area contributed by atoms with Crippen LogP contribution in [-0.4, -0.2) is 17.9 Å². The van der Waals surface area contributed by atoms with Crippen LogP contribution in [-0.2, 0) is 6.42 Å². The molecule has 0 radical (unpaired) electrons. The minimum Gasteiger partial charge on any atom is -0.497 e. The Kier molecular flexibility index (Phi) is 4.29. The molecule has 0 bridgehead atoms. The van der Waals surface area contributed by atoms with Crippen molar-refractivity contribution in [1.82, 2.24) is 4.98 Å². The van der Waals surface area contributed by atoms with Gasteiger partial charge in [0.05, 0.1) is 7.11 Å². The first kappa shape index (κ1) is 13.3. The highest BCUT2D eigenvalue weighted by Gasteiger charge is 2.07. The Hall–Kier alpha value is -2.16. The number of nitrogens with zero attached hydrogens (tertiary/aromatic N) is 1. The molecule has 1 aromatic carbocycles. The quantitative estimate of drug-likeness (QED) is 0.770. The number of aromatic nitrogens is 1. The van der Waals surface area contributed by atoms with Crippen molar-refractivity contribution >= 4 is 5.78 Å². The first-order valence-electron chi connectivity index (χ1n) is 6.28. The predicted octanol–water partition coefficient (Wildman–Crippen LogP) is 3.21. The average molecular weight is 255 g/mol. The molecule has 0 amide bonds. The van der Waals surface area contributed by atoms with Gasteiger partial charge in [0.2, 0.25) is 0 Å². The monoisotopic (exact) mass is 255 g/mol. The van der Waals surface area contributed by atoms with Gasteiger partial charge in [-0.2, -0.15) is 0 Å². The molecule has 0 saturated carbocycles. The number of Topliss-reactive ketones (excluding diaryl/α,β-unsaturated/α-hetero) is 1. The van der Waals surface area contributed by atoms with Crippen molar-refractivity contribution in [3.05, 3.63) is 59.4 Å². The number of methoxy groups -OCH3 is 1. The van der Waals surface area contributed by atoms with E-state index >= 15 is 0 Å². The van der Waals surface area contributed by atoms with Crippen LogP contribution in [0.3, 0.4) is 0 Å². The molecule has 0 fully saturated rings. The molecule has 3 heteroatoms. The number of ether oxygens (including phenoxy) is 1. The van der Waals surface area contributed by atoms with Crippen LogP contribution in [0.25, 0.3) is 0 Å². The Morgan fingerprint density at radius 1 is 1.21 bits per heavy atom. The maximum absolute atomic E-state index is 12.0. The summed E-state index contributed by atoms with van der Waals surface area (Å²) in [6, 6.07) is 11.5. The molecule has 3 nitrogen and oxygen atoms in total. The smallest absolute Gasteiger partial charge is 0.181 e. The first-order valence-corrected chi connectivity index (χ1v) is 6.28. The van der Waals surface area contributed by atoms with Crippen molar-refractivity contribution in [2.45, 2.75) is 19.8 Å². The van der Waals surface area contributed by atoms with E-state index in [9.17, 15) is 4.79 Å². The zero-order chi connectivity index (χ0) is 13.7. The Labute approximate surface area is 113 Å². The maximum Gasteiger partial charge on any atom is 0.181 e. The van der Waals surface area contributed by atoms with Gasteiger partial charge in [0, 0.05) is 12.6 Å². The molecule has 19 heavy (non-hydrogen) atoms. The summed E-state index contributed by atoms with van der Waals surface area (Å²) in [5.41, 5.74) is 2.73. The molecular weight excluding hydrogens is 238 g/mol. The Balaban J connectivity index is 1.96. The highest BCUT2D eigenvalue weighted by atomic mass is 16.5. The second-order valence-electron chi connectivity index (χ2n) is 4.49. The average Bonchev–Trinajstić information content (AvgIpc) is 2.45. The number of hydrogen-bond acceptors (Lipinski definition) is 3. The van der Waals surface area contributed by atoms with Crippen LogP contribution in [0.2, 0.25) is 0 Å². The fourth-order valence-electron chi connectivity index (χ4n) is 1.87. The summed E-state index contributed by atoms with van der Waals surface area (Å²) in [4.78, 5) is 16.1. The summed E-state index contributed by atoms with van der Waals surface area (Å²) >= 11 is 0. The Morgan fingerprint density at radius 2 is 1.95 bits per heavy atom. The topological polar surface area (TPSA) is 39.2 Å². The van der Waals surface area contributed by atoms with Crippen molar-refractivity contribution in [1.29, 1.82) is 0 Å². The number of pyridine rings is 1. The van der Waals surface area contributed by atoms with Crippen LogP contribution >= 0.6 is 0 Å². The fourth-order valence-corrected chi connectivity index (χ4v) is 1.87. The van der Waals surface area contributed by atoms with Crippen LogP contribution in [0.1, 0.15) is 28.0 Å². The van der Waals surface area contributed by atoms with Gasteiger partial charge in [0.25, 0.3) is 0 Å². The largest absolute Gasteiger partial charge is 0.497 e. The minimum atomic E-state index is 0.0829. The number of hydrogen-bond donors (Lipinski definition) is 0. The van der Waals surface area contributed by atoms with Crippen molar-refractivity contribution in [3.63, 3.8) is 0 Å². The van der Waals surface area contributed by atoms with Crippen LogP contribution in [0, 0.1) is 6.92 Å². The van der Waals surface area contributed by atoms with Gasteiger partial charge in [0.1, 0.15) is 11.4 Å². The normalized spacial score (nSPS) is 10.2. The van der Waals surface area contributed by atoms with Gasteiger partial charge >= 0.3 is 0 Å². The number of carbonyl (C=O) groups is 1. The van der Waals surface area contributed by atoms with Gasteiger partial charge < -0.3 is 4.74 Å². The predicted molar refractivity (Wildman–Crippen MR) is 74.6 cm³/mol. The molecule has 0 aliphatic rings. The van der Waals surface area contributed by atoms with E-state index in [1.165, 1.54) is 0 Å². The molecule has 0 saturated heterocycles. The number of ketones is 1. The second-order valence-corrected chi connectivity index (χ2v) is 4.49. The maximum atomic E-state index is 12.0. The van der Waals surface area contributed by atoms with E-state index < -0.39 is 0 Å². The van der Waals surface area contributed by atoms with E-state index in [2.05, 4.69) is 4.98 Å². The van der Waals surface area contributed by atoms with Gasteiger partial charge in [-0.3, -0.25) is 9.78 Å². The van der Waals surface area contributed by atoms with E-state index in [0.717, 1.165) is 23.3 Å². The van der Waals surface area contributed by atoms with Crippen molar-refractivity contribution in [2.75, 3.05) is 7.11 Å². The number of aryl methyl sites for hydroxylation is 2. The van der Waals surface area contributed by atoms with Crippen molar-refractivity contribution < 1.29 is 9.53 Å². The fraction of sp³-hybridized carbons (Fsp3) is 0.250. The summed E-state index contributed by atoms with van der Waals surface area (Å²) in [5, 5.41) is 0. The molecule has 1 aromatic heterocycles. The van der Waals surface area contributed by atoms with Gasteiger partial charge in [0.15, 0.2) is 5.78 Å². The lowest BCUT2D eigenvalue weighted by atomic mass is 10.1. The molecule has 0 N–H and O–H groups in total. The lowest BCUT2D eigenvalue weighted by Crippen LogP contribution is -2.04. The third-order valence-corrected chi connectivity index (χ3v) is 3.00. The summed E-state index contributed by atoms with van der Waals surface area (Å²) in [6.07, 6.45) is 2.87. The molecule has 0 spiro atoms. The minimum absolute atomic E-state index is 0.0829. The zero-order valence-electron chi connectivity index (χ0n) is 11.2. The van der Waals surface area contributed by atoms with E-state index in [4.69, 9.17) is 4.74 Å². The van der Waals surface area contributed by atoms with Gasteiger partial charge in [-0.1, -0.05) is 12.1 Å². The number of rotatable bonds is 5. The van der Waals surface area contributed by atoms with E-state index in [1.54, 1.807) is 13.3 Å². The third-order valence-electron chi connectivity index (χ3n) is 3.00. The van der Waals surface area contributed by atoms with Gasteiger partial charge in [-0.25, -0.2) is 0 Å². The van der Waals surface area contributed by atoms with E-state index in [0.29, 0.717) is 12.1 Å². The van der Waals surface area contributed by atoms with Crippen LogP contribution in [0.4, 0.5) is 0 Å². The Bertz CT molecular complexity index is 561. The molecule has 1 heterocycles. The van der Waals surface area contributed by atoms with Crippen LogP contribution in [0.5, 0.6) is 5.75 Å². The molecule has 0 unspecified atom stereocenters. The van der Waals surface area contributed by atoms with Crippen LogP contribution in [0.15, 0.2) is 42.6 Å². The highest BCUT2D eigenvalue weighted by molar-refractivity contribution is 5.94. The molecule has 0 aliphatic carbocycles. The third kappa shape index (κ3) is 3.65. The number of carbonyl (C=O) groups excluding carboxylic acids is 1. The molecule has 98 valence electrons. The SMILES string of the molecule is COc1ccc(CCC(=O)c2cc(C)ccn2)cc1. The molecular formula is C16H17NO2. The summed E-state index contributed by atoms with van der Waals surface area (Å²) in [6.45, 7) is 1.96. The molecule has 2 aromatic rings. The zero-order valence-corrected chi connectivity index (χ0v) is 11.2. The van der Waals surface area contributed by atoms with Crippen LogP contribution < -0.4 is 4.74 Å². The standard InChI is InChI=1S/C16H17NO2/c1-12-9-10-17-15(11-12)16(18)8-5-13-3-6-14(19-2)7-4-13/h3-4,6-7,9-11H,5,8H2,1-2H3. The second kappa shape index (κ2) is 6.14. The first-order chi connectivity index (χ1) is 9.19.